The zero-order chi connectivity index (χ0) is 14.0. The minimum absolute atomic E-state index is 0. The predicted molar refractivity (Wildman–Crippen MR) is 89.2 cm³/mol. The second kappa shape index (κ2) is 7.56. The Bertz CT molecular complexity index is 526. The van der Waals surface area contributed by atoms with Crippen LogP contribution in [0.25, 0.3) is 0 Å². The topological polar surface area (TPSA) is 63.4 Å². The molecule has 2 N–H and O–H groups in total. The first-order valence-electron chi connectivity index (χ1n) is 6.44. The van der Waals surface area contributed by atoms with Gasteiger partial charge in [0.25, 0.3) is 10.0 Å². The summed E-state index contributed by atoms with van der Waals surface area (Å²) in [4.78, 5) is 0. The van der Waals surface area contributed by atoms with Gasteiger partial charge >= 0.3 is 0 Å². The molecule has 1 aliphatic heterocycles. The van der Waals surface area contributed by atoms with Gasteiger partial charge in [-0.05, 0) is 60.3 Å². The average molecular weight is 404 g/mol. The van der Waals surface area contributed by atoms with Crippen LogP contribution in [0.4, 0.5) is 0 Å². The zero-order valence-electron chi connectivity index (χ0n) is 11.3. The number of rotatable bonds is 4. The van der Waals surface area contributed by atoms with Crippen LogP contribution in [0.3, 0.4) is 0 Å². The lowest BCUT2D eigenvalue weighted by Gasteiger charge is -2.34. The fourth-order valence-electron chi connectivity index (χ4n) is 2.45. The van der Waals surface area contributed by atoms with E-state index < -0.39 is 10.0 Å². The van der Waals surface area contributed by atoms with Crippen LogP contribution >= 0.6 is 39.7 Å². The maximum absolute atomic E-state index is 12.7. The molecule has 8 heteroatoms. The third-order valence-corrected chi connectivity index (χ3v) is 8.01. The molecule has 1 aromatic heterocycles. The second-order valence-electron chi connectivity index (χ2n) is 4.86. The summed E-state index contributed by atoms with van der Waals surface area (Å²) in [7, 11) is -3.37. The standard InChI is InChI=1S/C12H19BrN2O2S2.ClH/c1-9-8-11(18-12(9)13)19(16,17)15-7-3-2-4-10(15)5-6-14;/h8,10H,2-7,14H2,1H3;1H. The zero-order valence-corrected chi connectivity index (χ0v) is 15.4. The minimum atomic E-state index is -3.37. The number of nitrogens with two attached hydrogens (primary N) is 1. The maximum atomic E-state index is 12.7. The number of thiophene rings is 1. The summed E-state index contributed by atoms with van der Waals surface area (Å²) < 4.78 is 28.4. The van der Waals surface area contributed by atoms with E-state index >= 15 is 0 Å². The van der Waals surface area contributed by atoms with E-state index in [9.17, 15) is 8.42 Å². The molecule has 2 rings (SSSR count). The molecule has 1 fully saturated rings. The number of halogens is 2. The van der Waals surface area contributed by atoms with E-state index in [4.69, 9.17) is 5.73 Å². The van der Waals surface area contributed by atoms with Crippen LogP contribution in [-0.2, 0) is 10.0 Å². The Hall–Kier alpha value is 0.340. The highest BCUT2D eigenvalue weighted by atomic mass is 79.9. The van der Waals surface area contributed by atoms with Crippen molar-refractivity contribution >= 4 is 49.7 Å². The first kappa shape index (κ1) is 18.4. The number of nitrogens with zero attached hydrogens (tertiary/aromatic N) is 1. The molecular weight excluding hydrogens is 384 g/mol. The molecule has 0 spiro atoms. The molecule has 0 saturated carbocycles. The molecule has 0 aliphatic carbocycles. The number of aryl methyl sites for hydroxylation is 1. The molecule has 1 atom stereocenters. The van der Waals surface area contributed by atoms with Crippen LogP contribution < -0.4 is 5.73 Å². The van der Waals surface area contributed by atoms with E-state index in [0.29, 0.717) is 17.3 Å². The van der Waals surface area contributed by atoms with Gasteiger partial charge in [-0.15, -0.1) is 23.7 Å². The van der Waals surface area contributed by atoms with Crippen molar-refractivity contribution in [3.63, 3.8) is 0 Å². The fraction of sp³-hybridized carbons (Fsp3) is 0.667. The fourth-order valence-corrected chi connectivity index (χ4v) is 6.53. The van der Waals surface area contributed by atoms with Crippen molar-refractivity contribution in [1.82, 2.24) is 4.31 Å². The molecule has 0 aromatic carbocycles. The van der Waals surface area contributed by atoms with Crippen molar-refractivity contribution in [2.45, 2.75) is 42.9 Å². The summed E-state index contributed by atoms with van der Waals surface area (Å²) >= 11 is 4.68. The third kappa shape index (κ3) is 3.75. The minimum Gasteiger partial charge on any atom is -0.330 e. The van der Waals surface area contributed by atoms with Crippen molar-refractivity contribution in [1.29, 1.82) is 0 Å². The highest BCUT2D eigenvalue weighted by molar-refractivity contribution is 9.11. The lowest BCUT2D eigenvalue weighted by Crippen LogP contribution is -2.44. The number of sulfonamides is 1. The number of hydrogen-bond acceptors (Lipinski definition) is 4. The molecule has 0 amide bonds. The Labute approximate surface area is 139 Å². The van der Waals surface area contributed by atoms with Crippen LogP contribution in [0.2, 0.25) is 0 Å². The van der Waals surface area contributed by atoms with Gasteiger partial charge in [-0.3, -0.25) is 0 Å². The summed E-state index contributed by atoms with van der Waals surface area (Å²) in [6, 6.07) is 1.81. The average Bonchev–Trinajstić information content (AvgIpc) is 2.71. The van der Waals surface area contributed by atoms with Crippen LogP contribution in [-0.4, -0.2) is 31.9 Å². The molecule has 0 radical (unpaired) electrons. The van der Waals surface area contributed by atoms with Crippen LogP contribution in [0.15, 0.2) is 14.1 Å². The summed E-state index contributed by atoms with van der Waals surface area (Å²) in [6.45, 7) is 3.05. The maximum Gasteiger partial charge on any atom is 0.252 e. The predicted octanol–water partition coefficient (Wildman–Crippen LogP) is 3.13. The first-order valence-corrected chi connectivity index (χ1v) is 9.49. The smallest absolute Gasteiger partial charge is 0.252 e. The lowest BCUT2D eigenvalue weighted by molar-refractivity contribution is 0.243. The van der Waals surface area contributed by atoms with E-state index in [1.54, 1.807) is 10.4 Å². The van der Waals surface area contributed by atoms with E-state index in [1.807, 2.05) is 6.92 Å². The van der Waals surface area contributed by atoms with Crippen molar-refractivity contribution in [3.8, 4) is 0 Å². The Balaban J connectivity index is 0.00000200. The normalized spacial score (nSPS) is 20.6. The van der Waals surface area contributed by atoms with Gasteiger partial charge in [-0.1, -0.05) is 6.42 Å². The quantitative estimate of drug-likeness (QED) is 0.840. The Morgan fingerprint density at radius 1 is 1.50 bits per heavy atom. The molecule has 20 heavy (non-hydrogen) atoms. The number of piperidine rings is 1. The van der Waals surface area contributed by atoms with Crippen LogP contribution in [0, 0.1) is 6.92 Å². The number of hydrogen-bond donors (Lipinski definition) is 1. The summed E-state index contributed by atoms with van der Waals surface area (Å²) in [5.74, 6) is 0. The van der Waals surface area contributed by atoms with Gasteiger partial charge in [-0.2, -0.15) is 4.31 Å². The van der Waals surface area contributed by atoms with Crippen LogP contribution in [0.5, 0.6) is 0 Å². The van der Waals surface area contributed by atoms with Crippen molar-refractivity contribution in [2.75, 3.05) is 13.1 Å². The Kier molecular flexibility index (Phi) is 6.95. The first-order chi connectivity index (χ1) is 8.96. The van der Waals surface area contributed by atoms with Crippen LogP contribution in [0.1, 0.15) is 31.2 Å². The molecular formula is C12H20BrClN2O2S2. The summed E-state index contributed by atoms with van der Waals surface area (Å²) in [5, 5.41) is 0. The molecule has 2 heterocycles. The third-order valence-electron chi connectivity index (χ3n) is 3.47. The van der Waals surface area contributed by atoms with Crippen molar-refractivity contribution in [2.24, 2.45) is 5.73 Å². The van der Waals surface area contributed by atoms with E-state index in [2.05, 4.69) is 15.9 Å². The monoisotopic (exact) mass is 402 g/mol. The Morgan fingerprint density at radius 3 is 2.75 bits per heavy atom. The van der Waals surface area contributed by atoms with Crippen molar-refractivity contribution < 1.29 is 8.42 Å². The van der Waals surface area contributed by atoms with Gasteiger partial charge < -0.3 is 5.73 Å². The van der Waals surface area contributed by atoms with Gasteiger partial charge in [0.2, 0.25) is 0 Å². The summed E-state index contributed by atoms with van der Waals surface area (Å²) in [5.41, 5.74) is 6.57. The van der Waals surface area contributed by atoms with Gasteiger partial charge in [0, 0.05) is 12.6 Å². The largest absolute Gasteiger partial charge is 0.330 e. The molecule has 4 nitrogen and oxygen atoms in total. The van der Waals surface area contributed by atoms with E-state index in [0.717, 1.165) is 35.0 Å². The Morgan fingerprint density at radius 2 is 2.20 bits per heavy atom. The van der Waals surface area contributed by atoms with Crippen molar-refractivity contribution in [3.05, 3.63) is 15.4 Å². The van der Waals surface area contributed by atoms with Gasteiger partial charge in [0.1, 0.15) is 4.21 Å². The van der Waals surface area contributed by atoms with Gasteiger partial charge in [0.15, 0.2) is 0 Å². The molecule has 116 valence electrons. The molecule has 1 aromatic rings. The molecule has 0 bridgehead atoms. The van der Waals surface area contributed by atoms with Gasteiger partial charge in [0.05, 0.1) is 3.79 Å². The van der Waals surface area contributed by atoms with E-state index in [-0.39, 0.29) is 18.4 Å². The second-order valence-corrected chi connectivity index (χ2v) is 9.35. The molecule has 1 saturated heterocycles. The lowest BCUT2D eigenvalue weighted by atomic mass is 10.0. The van der Waals surface area contributed by atoms with Gasteiger partial charge in [-0.25, -0.2) is 8.42 Å². The molecule has 1 unspecified atom stereocenters. The highest BCUT2D eigenvalue weighted by Crippen LogP contribution is 2.34. The SMILES string of the molecule is Cc1cc(S(=O)(=O)N2CCCCC2CCN)sc1Br.Cl. The molecule has 1 aliphatic rings. The summed E-state index contributed by atoms with van der Waals surface area (Å²) in [6.07, 6.45) is 3.68. The highest BCUT2D eigenvalue weighted by Gasteiger charge is 2.34. The van der Waals surface area contributed by atoms with E-state index in [1.165, 1.54) is 11.3 Å².